The van der Waals surface area contributed by atoms with Gasteiger partial charge in [0.2, 0.25) is 0 Å². The molecule has 8 nitrogen and oxygen atoms in total. The van der Waals surface area contributed by atoms with Crippen molar-refractivity contribution >= 4 is 22.8 Å². The monoisotopic (exact) mass is 439 g/mol. The first-order valence-electron chi connectivity index (χ1n) is 10.1. The Bertz CT molecular complexity index is 1200. The molecule has 1 heterocycles. The zero-order chi connectivity index (χ0) is 23.4. The molecule has 0 radical (unpaired) electrons. The van der Waals surface area contributed by atoms with Gasteiger partial charge in [0.15, 0.2) is 6.61 Å². The summed E-state index contributed by atoms with van der Waals surface area (Å²) in [5, 5.41) is 12.4. The number of ether oxygens (including phenoxy) is 2. The SMILES string of the molecule is COc1ccc(-c2cc(=O)oc3c(C)c(OCC(=O)N[C@H](C(=O)O)C(C)C)ccc23)cc1. The molecule has 0 fully saturated rings. The highest BCUT2D eigenvalue weighted by molar-refractivity contribution is 5.95. The van der Waals surface area contributed by atoms with Crippen molar-refractivity contribution in [3.63, 3.8) is 0 Å². The number of aliphatic carboxylic acids is 1. The number of aryl methyl sites for hydroxylation is 1. The first kappa shape index (κ1) is 22.9. The summed E-state index contributed by atoms with van der Waals surface area (Å²) in [7, 11) is 1.58. The molecule has 0 unspecified atom stereocenters. The minimum Gasteiger partial charge on any atom is -0.497 e. The molecule has 8 heteroatoms. The molecule has 0 aliphatic rings. The van der Waals surface area contributed by atoms with Crippen LogP contribution in [0.1, 0.15) is 19.4 Å². The summed E-state index contributed by atoms with van der Waals surface area (Å²) in [6.07, 6.45) is 0. The maximum absolute atomic E-state index is 12.2. The Morgan fingerprint density at radius 1 is 1.12 bits per heavy atom. The fourth-order valence-electron chi connectivity index (χ4n) is 3.38. The number of rotatable bonds is 8. The maximum atomic E-state index is 12.2. The quantitative estimate of drug-likeness (QED) is 0.517. The number of amides is 1. The number of nitrogens with one attached hydrogen (secondary N) is 1. The van der Waals surface area contributed by atoms with Crippen LogP contribution in [0.3, 0.4) is 0 Å². The summed E-state index contributed by atoms with van der Waals surface area (Å²) in [6, 6.07) is 11.2. The van der Waals surface area contributed by atoms with E-state index in [2.05, 4.69) is 5.32 Å². The lowest BCUT2D eigenvalue weighted by atomic mass is 10.00. The van der Waals surface area contributed by atoms with Gasteiger partial charge < -0.3 is 24.3 Å². The molecular weight excluding hydrogens is 414 g/mol. The van der Waals surface area contributed by atoms with Crippen LogP contribution in [0.2, 0.25) is 0 Å². The number of methoxy groups -OCH3 is 1. The van der Waals surface area contributed by atoms with E-state index in [4.69, 9.17) is 13.9 Å². The Hall–Kier alpha value is -3.81. The van der Waals surface area contributed by atoms with E-state index >= 15 is 0 Å². The lowest BCUT2D eigenvalue weighted by Crippen LogP contribution is -2.46. The van der Waals surface area contributed by atoms with Crippen molar-refractivity contribution in [3.05, 3.63) is 58.4 Å². The molecule has 0 aliphatic carbocycles. The van der Waals surface area contributed by atoms with Crippen molar-refractivity contribution in [2.75, 3.05) is 13.7 Å². The molecule has 0 saturated carbocycles. The highest BCUT2D eigenvalue weighted by atomic mass is 16.5. The van der Waals surface area contributed by atoms with Crippen molar-refractivity contribution in [1.29, 1.82) is 0 Å². The van der Waals surface area contributed by atoms with Crippen LogP contribution < -0.4 is 20.4 Å². The van der Waals surface area contributed by atoms with E-state index in [-0.39, 0.29) is 12.5 Å². The Balaban J connectivity index is 1.88. The Kier molecular flexibility index (Phi) is 6.82. The van der Waals surface area contributed by atoms with E-state index in [1.54, 1.807) is 52.1 Å². The number of carbonyl (C=O) groups excluding carboxylic acids is 1. The minimum atomic E-state index is -1.11. The second-order valence-corrected chi connectivity index (χ2v) is 7.69. The summed E-state index contributed by atoms with van der Waals surface area (Å²) in [5.41, 5.74) is 1.92. The van der Waals surface area contributed by atoms with Crippen molar-refractivity contribution in [3.8, 4) is 22.6 Å². The third kappa shape index (κ3) is 4.91. The van der Waals surface area contributed by atoms with Gasteiger partial charge in [0.1, 0.15) is 23.1 Å². The van der Waals surface area contributed by atoms with Gasteiger partial charge in [-0.2, -0.15) is 0 Å². The first-order chi connectivity index (χ1) is 15.2. The smallest absolute Gasteiger partial charge is 0.336 e. The van der Waals surface area contributed by atoms with E-state index in [0.29, 0.717) is 28.2 Å². The van der Waals surface area contributed by atoms with Crippen LogP contribution in [0.5, 0.6) is 11.5 Å². The predicted molar refractivity (Wildman–Crippen MR) is 119 cm³/mol. The molecule has 0 saturated heterocycles. The second-order valence-electron chi connectivity index (χ2n) is 7.69. The lowest BCUT2D eigenvalue weighted by Gasteiger charge is -2.18. The summed E-state index contributed by atoms with van der Waals surface area (Å²) in [6.45, 7) is 4.77. The predicted octanol–water partition coefficient (Wildman–Crippen LogP) is 3.38. The normalized spacial score (nSPS) is 11.9. The van der Waals surface area contributed by atoms with Gasteiger partial charge in [-0.1, -0.05) is 26.0 Å². The van der Waals surface area contributed by atoms with Crippen molar-refractivity contribution in [2.45, 2.75) is 26.8 Å². The molecule has 168 valence electrons. The minimum absolute atomic E-state index is 0.274. The molecule has 1 atom stereocenters. The van der Waals surface area contributed by atoms with Crippen LogP contribution in [0.4, 0.5) is 0 Å². The Morgan fingerprint density at radius 2 is 1.81 bits per heavy atom. The average molecular weight is 439 g/mol. The van der Waals surface area contributed by atoms with Crippen LogP contribution >= 0.6 is 0 Å². The first-order valence-corrected chi connectivity index (χ1v) is 10.1. The summed E-state index contributed by atoms with van der Waals surface area (Å²) in [5.74, 6) is -0.875. The van der Waals surface area contributed by atoms with Gasteiger partial charge in [-0.25, -0.2) is 9.59 Å². The number of carboxylic acid groups (broad SMARTS) is 1. The molecule has 0 spiro atoms. The van der Waals surface area contributed by atoms with Gasteiger partial charge in [-0.3, -0.25) is 4.79 Å². The summed E-state index contributed by atoms with van der Waals surface area (Å²) >= 11 is 0. The number of carbonyl (C=O) groups is 2. The van der Waals surface area contributed by atoms with Crippen LogP contribution in [0.25, 0.3) is 22.1 Å². The van der Waals surface area contributed by atoms with E-state index in [0.717, 1.165) is 10.9 Å². The number of benzene rings is 2. The zero-order valence-corrected chi connectivity index (χ0v) is 18.3. The van der Waals surface area contributed by atoms with Crippen molar-refractivity contribution in [1.82, 2.24) is 5.32 Å². The van der Waals surface area contributed by atoms with Crippen molar-refractivity contribution in [2.24, 2.45) is 5.92 Å². The maximum Gasteiger partial charge on any atom is 0.336 e. The Labute approximate surface area is 184 Å². The van der Waals surface area contributed by atoms with Crippen LogP contribution in [-0.2, 0) is 9.59 Å². The highest BCUT2D eigenvalue weighted by Crippen LogP contribution is 2.33. The molecule has 0 aliphatic heterocycles. The van der Waals surface area contributed by atoms with Gasteiger partial charge >= 0.3 is 11.6 Å². The average Bonchev–Trinajstić information content (AvgIpc) is 2.76. The molecule has 3 aromatic rings. The van der Waals surface area contributed by atoms with E-state index < -0.39 is 23.5 Å². The molecule has 32 heavy (non-hydrogen) atoms. The van der Waals surface area contributed by atoms with Gasteiger partial charge in [0.05, 0.1) is 7.11 Å². The fourth-order valence-corrected chi connectivity index (χ4v) is 3.38. The van der Waals surface area contributed by atoms with Crippen LogP contribution in [0.15, 0.2) is 51.7 Å². The number of fused-ring (bicyclic) bond motifs is 1. The molecule has 3 rings (SSSR count). The molecular formula is C24H25NO7. The molecule has 2 aromatic carbocycles. The van der Waals surface area contributed by atoms with E-state index in [1.165, 1.54) is 6.07 Å². The second kappa shape index (κ2) is 9.55. The van der Waals surface area contributed by atoms with Gasteiger partial charge in [0, 0.05) is 17.0 Å². The van der Waals surface area contributed by atoms with E-state index in [9.17, 15) is 19.5 Å². The topological polar surface area (TPSA) is 115 Å². The Morgan fingerprint density at radius 3 is 2.41 bits per heavy atom. The molecule has 0 bridgehead atoms. The van der Waals surface area contributed by atoms with E-state index in [1.807, 2.05) is 12.1 Å². The standard InChI is InChI=1S/C24H25NO7/c1-13(2)22(24(28)29)25-20(26)12-31-19-10-9-17-18(11-21(27)32-23(17)14(19)3)15-5-7-16(30-4)8-6-15/h5-11,13,22H,12H2,1-4H3,(H,25,26)(H,28,29)/t22-/m0/s1. The van der Waals surface area contributed by atoms with Gasteiger partial charge in [0.25, 0.3) is 5.91 Å². The highest BCUT2D eigenvalue weighted by Gasteiger charge is 2.23. The molecule has 1 aromatic heterocycles. The third-order valence-corrected chi connectivity index (χ3v) is 5.12. The number of hydrogen-bond donors (Lipinski definition) is 2. The van der Waals surface area contributed by atoms with Gasteiger partial charge in [-0.05, 0) is 48.2 Å². The van der Waals surface area contributed by atoms with Gasteiger partial charge in [-0.15, -0.1) is 0 Å². The lowest BCUT2D eigenvalue weighted by molar-refractivity contribution is -0.143. The van der Waals surface area contributed by atoms with Crippen LogP contribution in [-0.4, -0.2) is 36.7 Å². The summed E-state index contributed by atoms with van der Waals surface area (Å²) < 4.78 is 16.2. The molecule has 1 amide bonds. The van der Waals surface area contributed by atoms with Crippen LogP contribution in [0, 0.1) is 12.8 Å². The van der Waals surface area contributed by atoms with Crippen molar-refractivity contribution < 1.29 is 28.6 Å². The third-order valence-electron chi connectivity index (χ3n) is 5.12. The summed E-state index contributed by atoms with van der Waals surface area (Å²) in [4.78, 5) is 35.7. The fraction of sp³-hybridized carbons (Fsp3) is 0.292. The number of carboxylic acids is 1. The zero-order valence-electron chi connectivity index (χ0n) is 18.3. The number of hydrogen-bond acceptors (Lipinski definition) is 6. The molecule has 2 N–H and O–H groups in total. The largest absolute Gasteiger partial charge is 0.497 e.